The number of halogens is 1. The molecule has 1 aliphatic rings. The fourth-order valence-electron chi connectivity index (χ4n) is 2.65. The van der Waals surface area contributed by atoms with Crippen LogP contribution in [-0.2, 0) is 9.84 Å². The SMILES string of the molecule is CCCNC(C)c1c(F)cccc1N1CCS(=O)(=O)CC1. The Morgan fingerprint density at radius 1 is 1.33 bits per heavy atom. The predicted molar refractivity (Wildman–Crippen MR) is 84.0 cm³/mol. The van der Waals surface area contributed by atoms with E-state index in [4.69, 9.17) is 0 Å². The molecule has 1 heterocycles. The topological polar surface area (TPSA) is 49.4 Å². The quantitative estimate of drug-likeness (QED) is 0.904. The normalized spacial score (nSPS) is 19.5. The van der Waals surface area contributed by atoms with Crippen molar-refractivity contribution in [3.05, 3.63) is 29.6 Å². The minimum atomic E-state index is -2.93. The maximum atomic E-state index is 14.2. The molecule has 1 N–H and O–H groups in total. The Kier molecular flexibility index (Phi) is 5.22. The van der Waals surface area contributed by atoms with Crippen LogP contribution in [0, 0.1) is 5.82 Å². The van der Waals surface area contributed by atoms with E-state index >= 15 is 0 Å². The molecule has 0 aromatic heterocycles. The highest BCUT2D eigenvalue weighted by Gasteiger charge is 2.25. The van der Waals surface area contributed by atoms with Crippen molar-refractivity contribution in [3.8, 4) is 0 Å². The van der Waals surface area contributed by atoms with Crippen LogP contribution in [0.5, 0.6) is 0 Å². The molecule has 0 bridgehead atoms. The van der Waals surface area contributed by atoms with Crippen molar-refractivity contribution in [2.75, 3.05) is 36.0 Å². The van der Waals surface area contributed by atoms with E-state index in [0.29, 0.717) is 18.7 Å². The maximum Gasteiger partial charge on any atom is 0.153 e. The highest BCUT2D eigenvalue weighted by molar-refractivity contribution is 7.91. The molecule has 0 aliphatic carbocycles. The Morgan fingerprint density at radius 2 is 2.00 bits per heavy atom. The average Bonchev–Trinajstić information content (AvgIpc) is 2.44. The molecule has 0 saturated carbocycles. The van der Waals surface area contributed by atoms with Crippen molar-refractivity contribution in [2.45, 2.75) is 26.3 Å². The number of hydrogen-bond acceptors (Lipinski definition) is 4. The largest absolute Gasteiger partial charge is 0.369 e. The lowest BCUT2D eigenvalue weighted by molar-refractivity contribution is 0.526. The van der Waals surface area contributed by atoms with Crippen molar-refractivity contribution in [3.63, 3.8) is 0 Å². The van der Waals surface area contributed by atoms with Gasteiger partial charge in [0, 0.05) is 30.4 Å². The lowest BCUT2D eigenvalue weighted by atomic mass is 10.0. The third-order valence-electron chi connectivity index (χ3n) is 3.85. The van der Waals surface area contributed by atoms with Gasteiger partial charge in [0.05, 0.1) is 11.5 Å². The van der Waals surface area contributed by atoms with E-state index in [2.05, 4.69) is 12.2 Å². The number of hydrogen-bond donors (Lipinski definition) is 1. The summed E-state index contributed by atoms with van der Waals surface area (Å²) in [6.45, 7) is 5.69. The second-order valence-electron chi connectivity index (χ2n) is 5.49. The van der Waals surface area contributed by atoms with Crippen molar-refractivity contribution < 1.29 is 12.8 Å². The molecule has 1 aromatic rings. The Bertz CT molecular complexity index is 575. The molecule has 0 spiro atoms. The first-order chi connectivity index (χ1) is 9.94. The van der Waals surface area contributed by atoms with E-state index in [0.717, 1.165) is 18.7 Å². The maximum absolute atomic E-state index is 14.2. The van der Waals surface area contributed by atoms with E-state index in [1.807, 2.05) is 17.9 Å². The molecule has 118 valence electrons. The molecule has 1 saturated heterocycles. The molecular formula is C15H23FN2O2S. The number of nitrogens with one attached hydrogen (secondary N) is 1. The zero-order valence-electron chi connectivity index (χ0n) is 12.6. The highest BCUT2D eigenvalue weighted by Crippen LogP contribution is 2.30. The molecule has 21 heavy (non-hydrogen) atoms. The number of sulfone groups is 1. The van der Waals surface area contributed by atoms with E-state index < -0.39 is 9.84 Å². The Labute approximate surface area is 126 Å². The fourth-order valence-corrected chi connectivity index (χ4v) is 3.85. The first-order valence-electron chi connectivity index (χ1n) is 7.42. The monoisotopic (exact) mass is 314 g/mol. The molecule has 6 heteroatoms. The molecule has 4 nitrogen and oxygen atoms in total. The van der Waals surface area contributed by atoms with E-state index in [-0.39, 0.29) is 23.4 Å². The Morgan fingerprint density at radius 3 is 2.62 bits per heavy atom. The van der Waals surface area contributed by atoms with Gasteiger partial charge in [-0.25, -0.2) is 12.8 Å². The van der Waals surface area contributed by atoms with Gasteiger partial charge in [-0.3, -0.25) is 0 Å². The number of rotatable bonds is 5. The smallest absolute Gasteiger partial charge is 0.153 e. The van der Waals surface area contributed by atoms with E-state index in [9.17, 15) is 12.8 Å². The summed E-state index contributed by atoms with van der Waals surface area (Å²) in [5.74, 6) is 0.0384. The molecule has 1 aromatic carbocycles. The van der Waals surface area contributed by atoms with Gasteiger partial charge in [0.25, 0.3) is 0 Å². The van der Waals surface area contributed by atoms with Crippen molar-refractivity contribution in [2.24, 2.45) is 0 Å². The predicted octanol–water partition coefficient (Wildman–Crippen LogP) is 2.12. The number of benzene rings is 1. The van der Waals surface area contributed by atoms with E-state index in [1.54, 1.807) is 6.07 Å². The number of anilines is 1. The first kappa shape index (κ1) is 16.2. The first-order valence-corrected chi connectivity index (χ1v) is 9.24. The Hall–Kier alpha value is -1.14. The van der Waals surface area contributed by atoms with Gasteiger partial charge in [0.2, 0.25) is 0 Å². The summed E-state index contributed by atoms with van der Waals surface area (Å²) in [6, 6.07) is 4.92. The summed E-state index contributed by atoms with van der Waals surface area (Å²) >= 11 is 0. The van der Waals surface area contributed by atoms with Crippen LogP contribution in [0.2, 0.25) is 0 Å². The van der Waals surface area contributed by atoms with Crippen LogP contribution in [0.3, 0.4) is 0 Å². The van der Waals surface area contributed by atoms with Gasteiger partial charge in [-0.05, 0) is 32.0 Å². The second-order valence-corrected chi connectivity index (χ2v) is 7.79. The molecule has 1 aliphatic heterocycles. The van der Waals surface area contributed by atoms with E-state index in [1.165, 1.54) is 6.07 Å². The van der Waals surface area contributed by atoms with Gasteiger partial charge >= 0.3 is 0 Å². The summed E-state index contributed by atoms with van der Waals surface area (Å²) in [5.41, 5.74) is 1.44. The third-order valence-corrected chi connectivity index (χ3v) is 5.46. The zero-order chi connectivity index (χ0) is 15.5. The molecule has 1 atom stereocenters. The van der Waals surface area contributed by atoms with Gasteiger partial charge in [-0.15, -0.1) is 0 Å². The van der Waals surface area contributed by atoms with Crippen LogP contribution in [0.4, 0.5) is 10.1 Å². The van der Waals surface area contributed by atoms with Gasteiger partial charge in [0.1, 0.15) is 5.82 Å². The lowest BCUT2D eigenvalue weighted by Crippen LogP contribution is -2.41. The van der Waals surface area contributed by atoms with Crippen molar-refractivity contribution >= 4 is 15.5 Å². The minimum Gasteiger partial charge on any atom is -0.369 e. The summed E-state index contributed by atoms with van der Waals surface area (Å²) in [7, 11) is -2.93. The number of nitrogens with zero attached hydrogens (tertiary/aromatic N) is 1. The summed E-state index contributed by atoms with van der Waals surface area (Å²) in [4.78, 5) is 1.98. The van der Waals surface area contributed by atoms with Crippen LogP contribution in [-0.4, -0.2) is 39.6 Å². The van der Waals surface area contributed by atoms with Crippen LogP contribution in [0.25, 0.3) is 0 Å². The average molecular weight is 314 g/mol. The fraction of sp³-hybridized carbons (Fsp3) is 0.600. The summed E-state index contributed by atoms with van der Waals surface area (Å²) in [6.07, 6.45) is 0.982. The van der Waals surface area contributed by atoms with Gasteiger partial charge in [0.15, 0.2) is 9.84 Å². The minimum absolute atomic E-state index is 0.0975. The molecule has 0 radical (unpaired) electrons. The van der Waals surface area contributed by atoms with Gasteiger partial charge < -0.3 is 10.2 Å². The highest BCUT2D eigenvalue weighted by atomic mass is 32.2. The van der Waals surface area contributed by atoms with Crippen LogP contribution in [0.15, 0.2) is 18.2 Å². The summed E-state index contributed by atoms with van der Waals surface area (Å²) < 4.78 is 37.3. The molecule has 2 rings (SSSR count). The van der Waals surface area contributed by atoms with Gasteiger partial charge in [-0.2, -0.15) is 0 Å². The molecule has 1 unspecified atom stereocenters. The molecule has 0 amide bonds. The lowest BCUT2D eigenvalue weighted by Gasteiger charge is -2.32. The summed E-state index contributed by atoms with van der Waals surface area (Å²) in [5, 5.41) is 3.30. The molecular weight excluding hydrogens is 291 g/mol. The van der Waals surface area contributed by atoms with Crippen LogP contribution >= 0.6 is 0 Å². The van der Waals surface area contributed by atoms with Gasteiger partial charge in [-0.1, -0.05) is 13.0 Å². The molecule has 1 fully saturated rings. The Balaban J connectivity index is 2.25. The van der Waals surface area contributed by atoms with Crippen LogP contribution < -0.4 is 10.2 Å². The second kappa shape index (κ2) is 6.75. The standard InChI is InChI=1S/C15H23FN2O2S/c1-3-7-17-12(2)15-13(16)5-4-6-14(15)18-8-10-21(19,20)11-9-18/h4-6,12,17H,3,7-11H2,1-2H3. The third kappa shape index (κ3) is 3.95. The van der Waals surface area contributed by atoms with Crippen LogP contribution in [0.1, 0.15) is 31.9 Å². The van der Waals surface area contributed by atoms with Crippen molar-refractivity contribution in [1.29, 1.82) is 0 Å². The van der Waals surface area contributed by atoms with Crippen molar-refractivity contribution in [1.82, 2.24) is 5.32 Å². The zero-order valence-corrected chi connectivity index (χ0v) is 13.4.